The Morgan fingerprint density at radius 3 is 2.56 bits per heavy atom. The van der Waals surface area contributed by atoms with Gasteiger partial charge in [0.25, 0.3) is 0 Å². The molecule has 1 saturated heterocycles. The molecule has 0 radical (unpaired) electrons. The number of rotatable bonds is 7. The van der Waals surface area contributed by atoms with E-state index in [0.717, 1.165) is 12.8 Å². The van der Waals surface area contributed by atoms with Crippen LogP contribution in [0.3, 0.4) is 0 Å². The van der Waals surface area contributed by atoms with Crippen LogP contribution in [0.5, 0.6) is 0 Å². The SMILES string of the molecule is CCCCCCCCC1(O)CCCSC1C. The lowest BCUT2D eigenvalue weighted by Gasteiger charge is -2.37. The Morgan fingerprint density at radius 1 is 1.19 bits per heavy atom. The number of hydrogen-bond acceptors (Lipinski definition) is 2. The highest BCUT2D eigenvalue weighted by atomic mass is 32.2. The first-order valence-corrected chi connectivity index (χ1v) is 8.08. The van der Waals surface area contributed by atoms with Gasteiger partial charge in [0.1, 0.15) is 0 Å². The first kappa shape index (κ1) is 14.4. The van der Waals surface area contributed by atoms with Gasteiger partial charge in [-0.05, 0) is 25.0 Å². The van der Waals surface area contributed by atoms with Crippen molar-refractivity contribution in [2.45, 2.75) is 82.5 Å². The lowest BCUT2D eigenvalue weighted by atomic mass is 9.88. The Balaban J connectivity index is 2.10. The summed E-state index contributed by atoms with van der Waals surface area (Å²) >= 11 is 1.95. The summed E-state index contributed by atoms with van der Waals surface area (Å²) in [6, 6.07) is 0. The van der Waals surface area contributed by atoms with Crippen LogP contribution in [0.4, 0.5) is 0 Å². The molecule has 16 heavy (non-hydrogen) atoms. The summed E-state index contributed by atoms with van der Waals surface area (Å²) in [5.74, 6) is 1.24. The van der Waals surface area contributed by atoms with Crippen LogP contribution in [0, 0.1) is 0 Å². The molecule has 1 N–H and O–H groups in total. The Kier molecular flexibility index (Phi) is 6.83. The van der Waals surface area contributed by atoms with Crippen molar-refractivity contribution in [1.82, 2.24) is 0 Å². The van der Waals surface area contributed by atoms with Crippen molar-refractivity contribution in [3.63, 3.8) is 0 Å². The average Bonchev–Trinajstić information content (AvgIpc) is 2.28. The molecule has 0 aromatic carbocycles. The van der Waals surface area contributed by atoms with Crippen molar-refractivity contribution in [2.24, 2.45) is 0 Å². The van der Waals surface area contributed by atoms with E-state index in [9.17, 15) is 5.11 Å². The van der Waals surface area contributed by atoms with E-state index in [2.05, 4.69) is 13.8 Å². The summed E-state index contributed by atoms with van der Waals surface area (Å²) in [7, 11) is 0. The van der Waals surface area contributed by atoms with Crippen molar-refractivity contribution in [3.8, 4) is 0 Å². The molecule has 0 aliphatic carbocycles. The van der Waals surface area contributed by atoms with E-state index in [1.54, 1.807) is 0 Å². The Labute approximate surface area is 105 Å². The van der Waals surface area contributed by atoms with E-state index in [1.807, 2.05) is 11.8 Å². The van der Waals surface area contributed by atoms with Gasteiger partial charge >= 0.3 is 0 Å². The van der Waals surface area contributed by atoms with Gasteiger partial charge in [0.2, 0.25) is 0 Å². The highest BCUT2D eigenvalue weighted by molar-refractivity contribution is 8.00. The van der Waals surface area contributed by atoms with Crippen molar-refractivity contribution in [3.05, 3.63) is 0 Å². The van der Waals surface area contributed by atoms with Crippen LogP contribution in [0.1, 0.15) is 71.6 Å². The van der Waals surface area contributed by atoms with Crippen molar-refractivity contribution in [1.29, 1.82) is 0 Å². The highest BCUT2D eigenvalue weighted by Crippen LogP contribution is 2.37. The van der Waals surface area contributed by atoms with Crippen LogP contribution >= 0.6 is 11.8 Å². The fourth-order valence-corrected chi connectivity index (χ4v) is 3.75. The Morgan fingerprint density at radius 2 is 1.88 bits per heavy atom. The van der Waals surface area contributed by atoms with E-state index in [-0.39, 0.29) is 5.60 Å². The van der Waals surface area contributed by atoms with Crippen molar-refractivity contribution >= 4 is 11.8 Å². The van der Waals surface area contributed by atoms with Gasteiger partial charge in [-0.2, -0.15) is 11.8 Å². The van der Waals surface area contributed by atoms with Crippen LogP contribution in [-0.4, -0.2) is 21.7 Å². The molecule has 0 aromatic rings. The fraction of sp³-hybridized carbons (Fsp3) is 1.00. The number of unbranched alkanes of at least 4 members (excludes halogenated alkanes) is 5. The molecule has 1 fully saturated rings. The zero-order valence-electron chi connectivity index (χ0n) is 11.0. The molecule has 2 atom stereocenters. The van der Waals surface area contributed by atoms with Crippen LogP contribution in [0.2, 0.25) is 0 Å². The lowest BCUT2D eigenvalue weighted by molar-refractivity contribution is 0.0184. The highest BCUT2D eigenvalue weighted by Gasteiger charge is 2.35. The summed E-state index contributed by atoms with van der Waals surface area (Å²) in [5, 5.41) is 11.0. The summed E-state index contributed by atoms with van der Waals surface area (Å²) in [5.41, 5.74) is -0.353. The minimum absolute atomic E-state index is 0.353. The minimum atomic E-state index is -0.353. The molecule has 1 aliphatic rings. The third kappa shape index (κ3) is 4.67. The van der Waals surface area contributed by atoms with Crippen LogP contribution in [-0.2, 0) is 0 Å². The maximum atomic E-state index is 10.5. The zero-order valence-corrected chi connectivity index (χ0v) is 11.8. The number of hydrogen-bond donors (Lipinski definition) is 1. The second kappa shape index (κ2) is 7.60. The van der Waals surface area contributed by atoms with E-state index in [1.165, 1.54) is 50.7 Å². The molecule has 0 saturated carbocycles. The van der Waals surface area contributed by atoms with Gasteiger partial charge in [-0.1, -0.05) is 52.4 Å². The molecular formula is C14H28OS. The molecule has 96 valence electrons. The van der Waals surface area contributed by atoms with E-state index in [0.29, 0.717) is 5.25 Å². The number of thioether (sulfide) groups is 1. The maximum Gasteiger partial charge on any atom is 0.0763 e. The Bertz CT molecular complexity index is 184. The van der Waals surface area contributed by atoms with E-state index >= 15 is 0 Å². The fourth-order valence-electron chi connectivity index (χ4n) is 2.54. The molecule has 0 amide bonds. The second-order valence-corrected chi connectivity index (χ2v) is 6.69. The van der Waals surface area contributed by atoms with Crippen molar-refractivity contribution in [2.75, 3.05) is 5.75 Å². The van der Waals surface area contributed by atoms with E-state index in [4.69, 9.17) is 0 Å². The summed E-state index contributed by atoms with van der Waals surface area (Å²) in [4.78, 5) is 0. The molecule has 0 spiro atoms. The molecule has 2 unspecified atom stereocenters. The number of aliphatic hydroxyl groups is 1. The summed E-state index contributed by atoms with van der Waals surface area (Å²) in [6.07, 6.45) is 11.2. The quantitative estimate of drug-likeness (QED) is 0.671. The van der Waals surface area contributed by atoms with Gasteiger partial charge in [0.05, 0.1) is 5.60 Å². The molecule has 1 heterocycles. The molecule has 2 heteroatoms. The average molecular weight is 244 g/mol. The van der Waals surface area contributed by atoms with E-state index < -0.39 is 0 Å². The summed E-state index contributed by atoms with van der Waals surface area (Å²) < 4.78 is 0. The summed E-state index contributed by atoms with van der Waals surface area (Å²) in [6.45, 7) is 4.45. The Hall–Kier alpha value is 0.310. The standard InChI is InChI=1S/C14H28OS/c1-3-4-5-6-7-8-10-14(15)11-9-12-16-13(14)2/h13,15H,3-12H2,1-2H3. The first-order chi connectivity index (χ1) is 7.69. The molecular weight excluding hydrogens is 216 g/mol. The zero-order chi connectivity index (χ0) is 11.9. The first-order valence-electron chi connectivity index (χ1n) is 7.03. The molecule has 1 nitrogen and oxygen atoms in total. The topological polar surface area (TPSA) is 20.2 Å². The van der Waals surface area contributed by atoms with Gasteiger partial charge in [0, 0.05) is 5.25 Å². The monoisotopic (exact) mass is 244 g/mol. The molecule has 0 aromatic heterocycles. The molecule has 1 rings (SSSR count). The smallest absolute Gasteiger partial charge is 0.0763 e. The molecule has 1 aliphatic heterocycles. The maximum absolute atomic E-state index is 10.5. The molecule has 0 bridgehead atoms. The van der Waals surface area contributed by atoms with Crippen LogP contribution in [0.25, 0.3) is 0 Å². The predicted octanol–water partition coefficient (Wildman–Crippen LogP) is 4.38. The predicted molar refractivity (Wildman–Crippen MR) is 74.1 cm³/mol. The van der Waals surface area contributed by atoms with Crippen molar-refractivity contribution < 1.29 is 5.11 Å². The third-order valence-corrected chi connectivity index (χ3v) is 5.30. The van der Waals surface area contributed by atoms with Gasteiger partial charge in [0.15, 0.2) is 0 Å². The van der Waals surface area contributed by atoms with Gasteiger partial charge < -0.3 is 5.11 Å². The van der Waals surface area contributed by atoms with Crippen LogP contribution < -0.4 is 0 Å². The van der Waals surface area contributed by atoms with Gasteiger partial charge in [-0.25, -0.2) is 0 Å². The normalized spacial score (nSPS) is 30.6. The van der Waals surface area contributed by atoms with Gasteiger partial charge in [-0.15, -0.1) is 0 Å². The second-order valence-electron chi connectivity index (χ2n) is 5.24. The third-order valence-electron chi connectivity index (χ3n) is 3.84. The largest absolute Gasteiger partial charge is 0.389 e. The van der Waals surface area contributed by atoms with Gasteiger partial charge in [-0.3, -0.25) is 0 Å². The lowest BCUT2D eigenvalue weighted by Crippen LogP contribution is -2.41. The van der Waals surface area contributed by atoms with Crippen LogP contribution in [0.15, 0.2) is 0 Å². The minimum Gasteiger partial charge on any atom is -0.389 e.